The quantitative estimate of drug-likeness (QED) is 0.775. The van der Waals surface area contributed by atoms with Crippen molar-refractivity contribution >= 4 is 35.2 Å². The minimum absolute atomic E-state index is 0.00621. The lowest BCUT2D eigenvalue weighted by Gasteiger charge is -2.30. The van der Waals surface area contributed by atoms with Crippen LogP contribution in [-0.2, 0) is 20.8 Å². The summed E-state index contributed by atoms with van der Waals surface area (Å²) in [6.45, 7) is 3.41. The van der Waals surface area contributed by atoms with Crippen LogP contribution in [0.25, 0.3) is 6.08 Å². The highest BCUT2D eigenvalue weighted by Gasteiger charge is 2.27. The van der Waals surface area contributed by atoms with Gasteiger partial charge in [0.1, 0.15) is 0 Å². The lowest BCUT2D eigenvalue weighted by Crippen LogP contribution is -2.40. The number of carbonyl (C=O) groups is 3. The van der Waals surface area contributed by atoms with Crippen molar-refractivity contribution < 1.29 is 14.4 Å². The molecule has 1 saturated heterocycles. The van der Waals surface area contributed by atoms with Crippen molar-refractivity contribution in [2.75, 3.05) is 29.9 Å². The fourth-order valence-corrected chi connectivity index (χ4v) is 4.25. The van der Waals surface area contributed by atoms with Crippen molar-refractivity contribution in [3.8, 4) is 0 Å². The Labute approximate surface area is 182 Å². The van der Waals surface area contributed by atoms with E-state index in [1.807, 2.05) is 54.6 Å². The Kier molecular flexibility index (Phi) is 6.16. The molecule has 2 aromatic carbocycles. The number of anilines is 2. The number of benzene rings is 2. The summed E-state index contributed by atoms with van der Waals surface area (Å²) in [7, 11) is 0. The maximum Gasteiger partial charge on any atom is 0.246 e. The van der Waals surface area contributed by atoms with Gasteiger partial charge in [-0.1, -0.05) is 30.3 Å². The van der Waals surface area contributed by atoms with Crippen molar-refractivity contribution in [1.29, 1.82) is 0 Å². The summed E-state index contributed by atoms with van der Waals surface area (Å²) in [6, 6.07) is 15.4. The van der Waals surface area contributed by atoms with Crippen LogP contribution < -0.4 is 10.2 Å². The topological polar surface area (TPSA) is 69.7 Å². The van der Waals surface area contributed by atoms with E-state index in [1.54, 1.807) is 22.8 Å². The first-order chi connectivity index (χ1) is 15.0. The molecule has 0 saturated carbocycles. The molecular formula is C25H27N3O3. The third kappa shape index (κ3) is 4.85. The summed E-state index contributed by atoms with van der Waals surface area (Å²) >= 11 is 0. The Bertz CT molecular complexity index is 1010. The molecule has 0 bridgehead atoms. The molecule has 2 heterocycles. The summed E-state index contributed by atoms with van der Waals surface area (Å²) in [5, 5.41) is 3.02. The molecule has 1 fully saturated rings. The molecule has 0 atom stereocenters. The number of hydrogen-bond donors (Lipinski definition) is 1. The van der Waals surface area contributed by atoms with E-state index in [1.165, 1.54) is 0 Å². The van der Waals surface area contributed by atoms with E-state index >= 15 is 0 Å². The monoisotopic (exact) mass is 417 g/mol. The minimum Gasteiger partial charge on any atom is -0.339 e. The van der Waals surface area contributed by atoms with E-state index < -0.39 is 0 Å². The largest absolute Gasteiger partial charge is 0.339 e. The van der Waals surface area contributed by atoms with Crippen molar-refractivity contribution in [1.82, 2.24) is 4.90 Å². The average molecular weight is 418 g/mol. The molecule has 3 amide bonds. The number of fused-ring (bicyclic) bond motifs is 1. The van der Waals surface area contributed by atoms with Crippen molar-refractivity contribution in [3.63, 3.8) is 0 Å². The fraction of sp³-hybridized carbons (Fsp3) is 0.320. The van der Waals surface area contributed by atoms with E-state index in [0.29, 0.717) is 32.5 Å². The number of carbonyl (C=O) groups excluding carboxylic acids is 3. The number of nitrogens with zero attached hydrogens (tertiary/aromatic N) is 2. The SMILES string of the molecule is CC(=O)N1CCc2cc(NC(=O)C3CCN(C(=O)/C=C/c4ccccc4)CC3)ccc21. The van der Waals surface area contributed by atoms with E-state index in [2.05, 4.69) is 5.32 Å². The highest BCUT2D eigenvalue weighted by molar-refractivity contribution is 5.96. The fourth-order valence-electron chi connectivity index (χ4n) is 4.25. The van der Waals surface area contributed by atoms with Crippen LogP contribution in [0.4, 0.5) is 11.4 Å². The summed E-state index contributed by atoms with van der Waals surface area (Å²) in [5.74, 6) is -0.0933. The molecule has 2 aromatic rings. The van der Waals surface area contributed by atoms with Gasteiger partial charge in [-0.25, -0.2) is 0 Å². The van der Waals surface area contributed by atoms with Gasteiger partial charge in [0.2, 0.25) is 17.7 Å². The second-order valence-electron chi connectivity index (χ2n) is 8.10. The highest BCUT2D eigenvalue weighted by atomic mass is 16.2. The number of nitrogens with one attached hydrogen (secondary N) is 1. The highest BCUT2D eigenvalue weighted by Crippen LogP contribution is 2.31. The average Bonchev–Trinajstić information content (AvgIpc) is 3.22. The van der Waals surface area contributed by atoms with Gasteiger partial charge in [-0.05, 0) is 54.7 Å². The van der Waals surface area contributed by atoms with Crippen LogP contribution in [0.5, 0.6) is 0 Å². The van der Waals surface area contributed by atoms with Gasteiger partial charge in [0.15, 0.2) is 0 Å². The Morgan fingerprint density at radius 1 is 1.00 bits per heavy atom. The van der Waals surface area contributed by atoms with Gasteiger partial charge in [-0.3, -0.25) is 14.4 Å². The van der Waals surface area contributed by atoms with Crippen LogP contribution in [0.15, 0.2) is 54.6 Å². The molecule has 6 heteroatoms. The van der Waals surface area contributed by atoms with Crippen LogP contribution in [0, 0.1) is 5.92 Å². The zero-order chi connectivity index (χ0) is 21.8. The number of likely N-dealkylation sites (tertiary alicyclic amines) is 1. The third-order valence-electron chi connectivity index (χ3n) is 6.02. The van der Waals surface area contributed by atoms with Gasteiger partial charge in [0, 0.05) is 49.9 Å². The van der Waals surface area contributed by atoms with Crippen molar-refractivity contribution in [3.05, 3.63) is 65.7 Å². The lowest BCUT2D eigenvalue weighted by molar-refractivity contribution is -0.130. The summed E-state index contributed by atoms with van der Waals surface area (Å²) in [6.07, 6.45) is 5.53. The molecule has 2 aliphatic rings. The van der Waals surface area contributed by atoms with E-state index in [-0.39, 0.29) is 23.6 Å². The molecule has 31 heavy (non-hydrogen) atoms. The lowest BCUT2D eigenvalue weighted by atomic mass is 9.95. The van der Waals surface area contributed by atoms with Gasteiger partial charge >= 0.3 is 0 Å². The van der Waals surface area contributed by atoms with E-state index in [4.69, 9.17) is 0 Å². The molecule has 2 aliphatic heterocycles. The zero-order valence-electron chi connectivity index (χ0n) is 17.7. The first kappa shape index (κ1) is 20.8. The third-order valence-corrected chi connectivity index (χ3v) is 6.02. The minimum atomic E-state index is -0.107. The van der Waals surface area contributed by atoms with Gasteiger partial charge in [-0.2, -0.15) is 0 Å². The first-order valence-corrected chi connectivity index (χ1v) is 10.8. The van der Waals surface area contributed by atoms with Gasteiger partial charge in [0.25, 0.3) is 0 Å². The summed E-state index contributed by atoms with van der Waals surface area (Å²) < 4.78 is 0. The Balaban J connectivity index is 1.29. The second kappa shape index (κ2) is 9.16. The molecule has 0 radical (unpaired) electrons. The molecule has 0 unspecified atom stereocenters. The summed E-state index contributed by atoms with van der Waals surface area (Å²) in [5.41, 5.74) is 3.77. The van der Waals surface area contributed by atoms with Crippen LogP contribution in [0.2, 0.25) is 0 Å². The second-order valence-corrected chi connectivity index (χ2v) is 8.10. The Morgan fingerprint density at radius 2 is 1.74 bits per heavy atom. The Morgan fingerprint density at radius 3 is 2.45 bits per heavy atom. The molecular weight excluding hydrogens is 390 g/mol. The van der Waals surface area contributed by atoms with E-state index in [0.717, 1.165) is 28.9 Å². The van der Waals surface area contributed by atoms with Gasteiger partial charge in [-0.15, -0.1) is 0 Å². The molecule has 160 valence electrons. The molecule has 1 N–H and O–H groups in total. The molecule has 6 nitrogen and oxygen atoms in total. The van der Waals surface area contributed by atoms with Crippen molar-refractivity contribution in [2.45, 2.75) is 26.2 Å². The first-order valence-electron chi connectivity index (χ1n) is 10.8. The molecule has 0 spiro atoms. The predicted molar refractivity (Wildman–Crippen MR) is 122 cm³/mol. The van der Waals surface area contributed by atoms with Crippen LogP contribution in [-0.4, -0.2) is 42.3 Å². The zero-order valence-corrected chi connectivity index (χ0v) is 17.7. The van der Waals surface area contributed by atoms with Gasteiger partial charge in [0.05, 0.1) is 0 Å². The number of rotatable bonds is 4. The Hall–Kier alpha value is -3.41. The maximum atomic E-state index is 12.7. The molecule has 0 aromatic heterocycles. The number of piperidine rings is 1. The van der Waals surface area contributed by atoms with Crippen molar-refractivity contribution in [2.24, 2.45) is 5.92 Å². The summed E-state index contributed by atoms with van der Waals surface area (Å²) in [4.78, 5) is 40.4. The number of hydrogen-bond acceptors (Lipinski definition) is 3. The van der Waals surface area contributed by atoms with Crippen LogP contribution in [0.3, 0.4) is 0 Å². The maximum absolute atomic E-state index is 12.7. The molecule has 0 aliphatic carbocycles. The number of amides is 3. The van der Waals surface area contributed by atoms with Gasteiger partial charge < -0.3 is 15.1 Å². The van der Waals surface area contributed by atoms with E-state index in [9.17, 15) is 14.4 Å². The predicted octanol–water partition coefficient (Wildman–Crippen LogP) is 3.49. The standard InChI is InChI=1S/C25H27N3O3/c1-18(29)28-16-13-21-17-22(8-9-23(21)28)26-25(31)20-11-14-27(15-12-20)24(30)10-7-19-5-3-2-4-6-19/h2-10,17,20H,11-16H2,1H3,(H,26,31)/b10-7+. The smallest absolute Gasteiger partial charge is 0.246 e. The van der Waals surface area contributed by atoms with Crippen LogP contribution in [0.1, 0.15) is 30.9 Å². The van der Waals surface area contributed by atoms with Crippen LogP contribution >= 0.6 is 0 Å². The molecule has 4 rings (SSSR count). The normalized spacial score (nSPS) is 16.4.